The molecular weight excluding hydrogens is 423 g/mol. The lowest BCUT2D eigenvalue weighted by Gasteiger charge is -2.23. The summed E-state index contributed by atoms with van der Waals surface area (Å²) in [5, 5.41) is 18.3. The van der Waals surface area contributed by atoms with Crippen molar-refractivity contribution in [1.29, 1.82) is 0 Å². The molecule has 2 unspecified atom stereocenters. The number of hydrogen-bond acceptors (Lipinski definition) is 6. The third kappa shape index (κ3) is 4.94. The molecule has 0 aliphatic carbocycles. The Kier molecular flexibility index (Phi) is 6.71. The van der Waals surface area contributed by atoms with Gasteiger partial charge in [-0.1, -0.05) is 24.3 Å². The summed E-state index contributed by atoms with van der Waals surface area (Å²) in [5.41, 5.74) is -0.478. The van der Waals surface area contributed by atoms with Crippen LogP contribution in [-0.4, -0.2) is 54.7 Å². The Morgan fingerprint density at radius 1 is 1.13 bits per heavy atom. The number of likely N-dealkylation sites (tertiary alicyclic amines) is 1. The Balaban J connectivity index is 1.65. The first-order valence-electron chi connectivity index (χ1n) is 9.28. The van der Waals surface area contributed by atoms with E-state index in [1.165, 1.54) is 11.0 Å². The van der Waals surface area contributed by atoms with E-state index in [1.807, 2.05) is 0 Å². The minimum absolute atomic E-state index is 0.0947. The van der Waals surface area contributed by atoms with Crippen molar-refractivity contribution < 1.29 is 36.5 Å². The Labute approximate surface area is 172 Å². The second kappa shape index (κ2) is 8.93. The highest BCUT2D eigenvalue weighted by Crippen LogP contribution is 2.36. The second-order valence-electron chi connectivity index (χ2n) is 7.04. The van der Waals surface area contributed by atoms with Crippen molar-refractivity contribution >= 4 is 9.84 Å². The summed E-state index contributed by atoms with van der Waals surface area (Å²) >= 11 is 0. The summed E-state index contributed by atoms with van der Waals surface area (Å²) in [6.45, 7) is -0.122. The third-order valence-electron chi connectivity index (χ3n) is 5.04. The van der Waals surface area contributed by atoms with Gasteiger partial charge in [-0.05, 0) is 36.2 Å². The molecule has 2 aromatic rings. The van der Waals surface area contributed by atoms with Gasteiger partial charge in [0, 0.05) is 13.1 Å². The summed E-state index contributed by atoms with van der Waals surface area (Å²) in [4.78, 5) is 0.736. The minimum Gasteiger partial charge on any atom is -0.489 e. The van der Waals surface area contributed by atoms with E-state index in [0.717, 1.165) is 18.2 Å². The fourth-order valence-corrected chi connectivity index (χ4v) is 5.29. The standard InChI is InChI=1S/C20H22F3NO5S/c21-20(22,23)17-3-1-2-4-18(17)30(27,28)16-9-10-24(11-16)19(26)13-29-15-7-5-14(12-25)6-8-15/h1-8,16,19,25-26H,9-13H2. The van der Waals surface area contributed by atoms with Gasteiger partial charge in [0.1, 0.15) is 18.6 Å². The lowest BCUT2D eigenvalue weighted by molar-refractivity contribution is -0.139. The first kappa shape index (κ1) is 22.5. The topological polar surface area (TPSA) is 87.1 Å². The normalized spacial score (nSPS) is 19.0. The molecule has 3 rings (SSSR count). The Morgan fingerprint density at radius 3 is 2.43 bits per heavy atom. The Hall–Kier alpha value is -2.14. The fourth-order valence-electron chi connectivity index (χ4n) is 3.37. The molecule has 1 aliphatic heterocycles. The number of benzene rings is 2. The average Bonchev–Trinajstić information content (AvgIpc) is 3.23. The van der Waals surface area contributed by atoms with Crippen molar-refractivity contribution in [3.8, 4) is 5.75 Å². The van der Waals surface area contributed by atoms with Gasteiger partial charge >= 0.3 is 6.18 Å². The van der Waals surface area contributed by atoms with Gasteiger partial charge in [0.2, 0.25) is 0 Å². The average molecular weight is 445 g/mol. The van der Waals surface area contributed by atoms with Crippen molar-refractivity contribution in [3.63, 3.8) is 0 Å². The van der Waals surface area contributed by atoms with Gasteiger partial charge in [-0.15, -0.1) is 0 Å². The van der Waals surface area contributed by atoms with Crippen LogP contribution >= 0.6 is 0 Å². The smallest absolute Gasteiger partial charge is 0.417 e. The van der Waals surface area contributed by atoms with Crippen LogP contribution in [0.1, 0.15) is 17.5 Å². The lowest BCUT2D eigenvalue weighted by Crippen LogP contribution is -2.39. The molecule has 2 N–H and O–H groups in total. The highest BCUT2D eigenvalue weighted by molar-refractivity contribution is 7.92. The molecule has 1 saturated heterocycles. The number of aliphatic hydroxyl groups is 2. The summed E-state index contributed by atoms with van der Waals surface area (Å²) in [6.07, 6.45) is -5.78. The maximum atomic E-state index is 13.2. The number of nitrogens with zero attached hydrogens (tertiary/aromatic N) is 1. The quantitative estimate of drug-likeness (QED) is 0.681. The first-order chi connectivity index (χ1) is 14.1. The van der Waals surface area contributed by atoms with Crippen LogP contribution in [0.5, 0.6) is 5.75 Å². The SMILES string of the molecule is O=S(=O)(c1ccccc1C(F)(F)F)C1CCN(C(O)COc2ccc(CO)cc2)C1. The highest BCUT2D eigenvalue weighted by Gasteiger charge is 2.42. The predicted octanol–water partition coefficient (Wildman–Crippen LogP) is 2.44. The summed E-state index contributed by atoms with van der Waals surface area (Å²) in [5.74, 6) is 0.466. The molecule has 0 aromatic heterocycles. The zero-order valence-corrected chi connectivity index (χ0v) is 16.7. The largest absolute Gasteiger partial charge is 0.489 e. The minimum atomic E-state index is -4.78. The molecule has 0 saturated carbocycles. The van der Waals surface area contributed by atoms with Gasteiger partial charge in [0.25, 0.3) is 0 Å². The monoisotopic (exact) mass is 445 g/mol. The number of alkyl halides is 3. The van der Waals surface area contributed by atoms with E-state index >= 15 is 0 Å². The Morgan fingerprint density at radius 2 is 1.80 bits per heavy atom. The molecule has 1 fully saturated rings. The van der Waals surface area contributed by atoms with Crippen molar-refractivity contribution in [3.05, 3.63) is 59.7 Å². The van der Waals surface area contributed by atoms with Crippen LogP contribution in [0.4, 0.5) is 13.2 Å². The van der Waals surface area contributed by atoms with E-state index in [4.69, 9.17) is 9.84 Å². The van der Waals surface area contributed by atoms with Crippen LogP contribution in [0.25, 0.3) is 0 Å². The predicted molar refractivity (Wildman–Crippen MR) is 102 cm³/mol. The molecule has 0 bridgehead atoms. The molecule has 30 heavy (non-hydrogen) atoms. The molecule has 164 valence electrons. The molecule has 0 amide bonds. The summed E-state index contributed by atoms with van der Waals surface area (Å²) < 4.78 is 70.9. The fraction of sp³-hybridized carbons (Fsp3) is 0.400. The van der Waals surface area contributed by atoms with Crippen LogP contribution in [0.15, 0.2) is 53.4 Å². The lowest BCUT2D eigenvalue weighted by atomic mass is 10.2. The van der Waals surface area contributed by atoms with Crippen LogP contribution < -0.4 is 4.74 Å². The van der Waals surface area contributed by atoms with Gasteiger partial charge in [-0.3, -0.25) is 4.90 Å². The third-order valence-corrected chi connectivity index (χ3v) is 7.27. The molecule has 0 spiro atoms. The second-order valence-corrected chi connectivity index (χ2v) is 9.23. The van der Waals surface area contributed by atoms with Gasteiger partial charge in [-0.25, -0.2) is 8.42 Å². The number of aliphatic hydroxyl groups excluding tert-OH is 2. The van der Waals surface area contributed by atoms with Crippen LogP contribution in [-0.2, 0) is 22.6 Å². The van der Waals surface area contributed by atoms with Gasteiger partial charge < -0.3 is 14.9 Å². The van der Waals surface area contributed by atoms with Crippen molar-refractivity contribution in [2.45, 2.75) is 35.6 Å². The van der Waals surface area contributed by atoms with Crippen LogP contribution in [0.3, 0.4) is 0 Å². The van der Waals surface area contributed by atoms with Gasteiger partial charge in [0.15, 0.2) is 9.84 Å². The molecular formula is C20H22F3NO5S. The van der Waals surface area contributed by atoms with E-state index in [0.29, 0.717) is 11.3 Å². The molecule has 10 heteroatoms. The first-order valence-corrected chi connectivity index (χ1v) is 10.8. The van der Waals surface area contributed by atoms with Gasteiger partial charge in [-0.2, -0.15) is 13.2 Å². The molecule has 1 heterocycles. The maximum absolute atomic E-state index is 13.2. The highest BCUT2D eigenvalue weighted by atomic mass is 32.2. The zero-order valence-electron chi connectivity index (χ0n) is 15.9. The van der Waals surface area contributed by atoms with E-state index in [1.54, 1.807) is 24.3 Å². The van der Waals surface area contributed by atoms with Gasteiger partial charge in [0.05, 0.1) is 22.3 Å². The molecule has 2 atom stereocenters. The number of ether oxygens (including phenoxy) is 1. The number of sulfone groups is 1. The number of hydrogen-bond donors (Lipinski definition) is 2. The summed E-state index contributed by atoms with van der Waals surface area (Å²) in [6, 6.07) is 10.7. The number of halogens is 3. The maximum Gasteiger partial charge on any atom is 0.417 e. The van der Waals surface area contributed by atoms with E-state index in [-0.39, 0.29) is 32.7 Å². The summed E-state index contributed by atoms with van der Waals surface area (Å²) in [7, 11) is -4.23. The van der Waals surface area contributed by atoms with Crippen molar-refractivity contribution in [2.75, 3.05) is 19.7 Å². The van der Waals surface area contributed by atoms with Crippen molar-refractivity contribution in [2.24, 2.45) is 0 Å². The number of rotatable bonds is 7. The van der Waals surface area contributed by atoms with E-state index in [9.17, 15) is 26.7 Å². The van der Waals surface area contributed by atoms with Crippen LogP contribution in [0.2, 0.25) is 0 Å². The van der Waals surface area contributed by atoms with Crippen LogP contribution in [0, 0.1) is 0 Å². The van der Waals surface area contributed by atoms with E-state index in [2.05, 4.69) is 0 Å². The molecule has 6 nitrogen and oxygen atoms in total. The zero-order chi connectivity index (χ0) is 21.9. The Bertz CT molecular complexity index is 963. The molecule has 0 radical (unpaired) electrons. The molecule has 2 aromatic carbocycles. The molecule has 1 aliphatic rings. The van der Waals surface area contributed by atoms with E-state index < -0.39 is 38.0 Å². The van der Waals surface area contributed by atoms with Crippen molar-refractivity contribution in [1.82, 2.24) is 4.90 Å².